The van der Waals surface area contributed by atoms with Gasteiger partial charge in [-0.25, -0.2) is 0 Å². The quantitative estimate of drug-likeness (QED) is 0.516. The third kappa shape index (κ3) is 2.68. The Morgan fingerprint density at radius 3 is 2.58 bits per heavy atom. The van der Waals surface area contributed by atoms with Gasteiger partial charge in [-0.3, -0.25) is 0 Å². The van der Waals surface area contributed by atoms with E-state index in [0.29, 0.717) is 5.82 Å². The number of rotatable bonds is 0. The zero-order valence-corrected chi connectivity index (χ0v) is 7.37. The predicted molar refractivity (Wildman–Crippen MR) is 43.9 cm³/mol. The van der Waals surface area contributed by atoms with E-state index in [1.54, 1.807) is 7.05 Å². The maximum absolute atomic E-state index is 5.63. The van der Waals surface area contributed by atoms with Crippen molar-refractivity contribution in [3.8, 4) is 11.8 Å². The van der Waals surface area contributed by atoms with E-state index in [1.165, 1.54) is 4.80 Å². The van der Waals surface area contributed by atoms with Crippen LogP contribution in [0.1, 0.15) is 19.7 Å². The van der Waals surface area contributed by atoms with Crippen molar-refractivity contribution in [2.45, 2.75) is 19.4 Å². The largest absolute Gasteiger partial charge is 0.316 e. The van der Waals surface area contributed by atoms with Crippen LogP contribution in [0.15, 0.2) is 0 Å². The molecule has 64 valence electrons. The van der Waals surface area contributed by atoms with E-state index in [1.807, 2.05) is 13.8 Å². The molecule has 5 nitrogen and oxygen atoms in total. The summed E-state index contributed by atoms with van der Waals surface area (Å²) in [4.78, 5) is 1.35. The van der Waals surface area contributed by atoms with Gasteiger partial charge in [0.2, 0.25) is 5.82 Å². The molecule has 0 bridgehead atoms. The maximum Gasteiger partial charge on any atom is 0.247 e. The van der Waals surface area contributed by atoms with Crippen LogP contribution in [0.25, 0.3) is 0 Å². The molecule has 0 aliphatic carbocycles. The number of nitrogens with zero attached hydrogens (tertiary/aromatic N) is 4. The minimum absolute atomic E-state index is 0.399. The van der Waals surface area contributed by atoms with Gasteiger partial charge in [0.05, 0.1) is 12.6 Å². The van der Waals surface area contributed by atoms with Gasteiger partial charge in [-0.05, 0) is 25.0 Å². The van der Waals surface area contributed by atoms with Gasteiger partial charge in [-0.1, -0.05) is 11.0 Å². The van der Waals surface area contributed by atoms with Crippen molar-refractivity contribution >= 4 is 0 Å². The molecule has 1 aromatic heterocycles. The van der Waals surface area contributed by atoms with E-state index in [-0.39, 0.29) is 0 Å². The molecule has 12 heavy (non-hydrogen) atoms. The molecule has 0 aromatic carbocycles. The van der Waals surface area contributed by atoms with Gasteiger partial charge in [-0.15, -0.1) is 5.10 Å². The van der Waals surface area contributed by atoms with Crippen LogP contribution in [-0.2, 0) is 7.05 Å². The van der Waals surface area contributed by atoms with E-state index < -0.39 is 5.54 Å². The van der Waals surface area contributed by atoms with E-state index in [0.717, 1.165) is 0 Å². The van der Waals surface area contributed by atoms with Crippen LogP contribution < -0.4 is 5.73 Å². The van der Waals surface area contributed by atoms with Crippen LogP contribution in [-0.4, -0.2) is 25.7 Å². The average molecular weight is 165 g/mol. The SMILES string of the molecule is Cn1nnc(C#CC(C)(C)N)n1. The topological polar surface area (TPSA) is 69.6 Å². The van der Waals surface area contributed by atoms with Crippen LogP contribution in [0.2, 0.25) is 0 Å². The highest BCUT2D eigenvalue weighted by Crippen LogP contribution is 1.92. The van der Waals surface area contributed by atoms with Crippen LogP contribution in [0.4, 0.5) is 0 Å². The van der Waals surface area contributed by atoms with Crippen molar-refractivity contribution in [3.05, 3.63) is 5.82 Å². The Balaban J connectivity index is 2.80. The Bertz CT molecular complexity index is 322. The van der Waals surface area contributed by atoms with Gasteiger partial charge in [0.15, 0.2) is 0 Å². The molecule has 1 heterocycles. The van der Waals surface area contributed by atoms with Gasteiger partial charge >= 0.3 is 0 Å². The maximum atomic E-state index is 5.63. The van der Waals surface area contributed by atoms with Crippen LogP contribution in [0, 0.1) is 11.8 Å². The fourth-order valence-electron chi connectivity index (χ4n) is 0.551. The average Bonchev–Trinajstić information content (AvgIpc) is 2.30. The zero-order chi connectivity index (χ0) is 9.19. The molecule has 0 saturated heterocycles. The first-order chi connectivity index (χ1) is 5.47. The van der Waals surface area contributed by atoms with Gasteiger partial charge in [-0.2, -0.15) is 4.80 Å². The highest BCUT2D eigenvalue weighted by Gasteiger charge is 2.04. The van der Waals surface area contributed by atoms with Crippen molar-refractivity contribution in [1.82, 2.24) is 20.2 Å². The van der Waals surface area contributed by atoms with E-state index in [4.69, 9.17) is 5.73 Å². The van der Waals surface area contributed by atoms with Crippen molar-refractivity contribution in [2.24, 2.45) is 12.8 Å². The first-order valence-electron chi connectivity index (χ1n) is 3.53. The second kappa shape index (κ2) is 2.91. The summed E-state index contributed by atoms with van der Waals surface area (Å²) in [6, 6.07) is 0. The zero-order valence-electron chi connectivity index (χ0n) is 7.37. The van der Waals surface area contributed by atoms with Gasteiger partial charge in [0.25, 0.3) is 0 Å². The number of hydrogen-bond donors (Lipinski definition) is 1. The lowest BCUT2D eigenvalue weighted by molar-refractivity contribution is 0.629. The molecule has 0 aliphatic heterocycles. The van der Waals surface area contributed by atoms with Crippen LogP contribution >= 0.6 is 0 Å². The lowest BCUT2D eigenvalue weighted by Crippen LogP contribution is -2.29. The second-order valence-electron chi connectivity index (χ2n) is 3.07. The summed E-state index contributed by atoms with van der Waals surface area (Å²) in [6.45, 7) is 3.63. The molecule has 1 aromatic rings. The minimum Gasteiger partial charge on any atom is -0.316 e. The highest BCUT2D eigenvalue weighted by molar-refractivity contribution is 5.23. The normalized spacial score (nSPS) is 10.7. The number of hydrogen-bond acceptors (Lipinski definition) is 4. The third-order valence-corrected chi connectivity index (χ3v) is 1.00. The summed E-state index contributed by atoms with van der Waals surface area (Å²) in [5.74, 6) is 5.92. The number of aromatic nitrogens is 4. The Morgan fingerprint density at radius 2 is 2.17 bits per heavy atom. The summed E-state index contributed by atoms with van der Waals surface area (Å²) >= 11 is 0. The summed E-state index contributed by atoms with van der Waals surface area (Å²) in [7, 11) is 1.69. The molecule has 0 saturated carbocycles. The molecule has 0 aliphatic rings. The van der Waals surface area contributed by atoms with Crippen molar-refractivity contribution in [2.75, 3.05) is 0 Å². The molecule has 0 spiro atoms. The third-order valence-electron chi connectivity index (χ3n) is 1.00. The van der Waals surface area contributed by atoms with Crippen molar-refractivity contribution < 1.29 is 0 Å². The molecule has 0 unspecified atom stereocenters. The molecular formula is C7H11N5. The fraction of sp³-hybridized carbons (Fsp3) is 0.571. The van der Waals surface area contributed by atoms with Crippen molar-refractivity contribution in [3.63, 3.8) is 0 Å². The lowest BCUT2D eigenvalue weighted by atomic mass is 10.1. The molecule has 0 atom stereocenters. The summed E-state index contributed by atoms with van der Waals surface area (Å²) in [5, 5.41) is 11.2. The summed E-state index contributed by atoms with van der Waals surface area (Å²) in [6.07, 6.45) is 0. The lowest BCUT2D eigenvalue weighted by Gasteiger charge is -2.06. The Kier molecular flexibility index (Phi) is 2.11. The Morgan fingerprint density at radius 1 is 1.50 bits per heavy atom. The number of tetrazole rings is 1. The van der Waals surface area contributed by atoms with Gasteiger partial charge in [0, 0.05) is 0 Å². The van der Waals surface area contributed by atoms with Gasteiger partial charge < -0.3 is 5.73 Å². The highest BCUT2D eigenvalue weighted by atomic mass is 15.6. The minimum atomic E-state index is -0.515. The fourth-order valence-corrected chi connectivity index (χ4v) is 0.551. The first-order valence-corrected chi connectivity index (χ1v) is 3.53. The van der Waals surface area contributed by atoms with E-state index in [2.05, 4.69) is 27.3 Å². The van der Waals surface area contributed by atoms with Crippen LogP contribution in [0.5, 0.6) is 0 Å². The summed E-state index contributed by atoms with van der Waals surface area (Å²) < 4.78 is 0. The summed E-state index contributed by atoms with van der Waals surface area (Å²) in [5.41, 5.74) is 5.12. The molecule has 0 amide bonds. The molecule has 5 heteroatoms. The van der Waals surface area contributed by atoms with Crippen LogP contribution in [0.3, 0.4) is 0 Å². The van der Waals surface area contributed by atoms with E-state index >= 15 is 0 Å². The van der Waals surface area contributed by atoms with E-state index in [9.17, 15) is 0 Å². The standard InChI is InChI=1S/C7H11N5/c1-7(2,8)5-4-6-9-11-12(3)10-6/h8H2,1-3H3. The second-order valence-corrected chi connectivity index (χ2v) is 3.07. The molecule has 0 radical (unpaired) electrons. The monoisotopic (exact) mass is 165 g/mol. The number of nitrogens with two attached hydrogens (primary N) is 1. The molecule has 0 fully saturated rings. The Hall–Kier alpha value is -1.41. The molecular weight excluding hydrogens is 154 g/mol. The smallest absolute Gasteiger partial charge is 0.247 e. The predicted octanol–water partition coefficient (Wildman–Crippen LogP) is -0.701. The number of aryl methyl sites for hydroxylation is 1. The Labute approximate surface area is 70.9 Å². The van der Waals surface area contributed by atoms with Gasteiger partial charge in [0.1, 0.15) is 0 Å². The molecule has 2 N–H and O–H groups in total. The van der Waals surface area contributed by atoms with Crippen molar-refractivity contribution in [1.29, 1.82) is 0 Å². The first kappa shape index (κ1) is 8.68. The molecule has 1 rings (SSSR count).